The molecule has 1 aromatic carbocycles. The predicted molar refractivity (Wildman–Crippen MR) is 66.0 cm³/mol. The molecule has 0 unspecified atom stereocenters. The van der Waals surface area contributed by atoms with Crippen LogP contribution in [-0.4, -0.2) is 20.7 Å². The standard InChI is InChI=1S/C13H18N2O/c1-10(2)11-5-6-12(13(9-11)16-4)15(3)8-7-14/h5-6,9-10H,8H2,1-4H3. The third kappa shape index (κ3) is 2.66. The molecule has 0 N–H and O–H groups in total. The van der Waals surface area contributed by atoms with Crippen LogP contribution in [0.5, 0.6) is 5.75 Å². The maximum atomic E-state index is 8.67. The summed E-state index contributed by atoms with van der Waals surface area (Å²) in [6, 6.07) is 8.25. The van der Waals surface area contributed by atoms with E-state index in [0.29, 0.717) is 12.5 Å². The molecule has 0 saturated heterocycles. The van der Waals surface area contributed by atoms with E-state index in [2.05, 4.69) is 26.0 Å². The van der Waals surface area contributed by atoms with Crippen molar-refractivity contribution in [1.82, 2.24) is 0 Å². The number of nitrogens with zero attached hydrogens (tertiary/aromatic N) is 2. The number of nitriles is 1. The molecule has 86 valence electrons. The van der Waals surface area contributed by atoms with Gasteiger partial charge in [-0.05, 0) is 23.6 Å². The first-order chi connectivity index (χ1) is 7.60. The molecule has 0 heterocycles. The Morgan fingerprint density at radius 2 is 2.12 bits per heavy atom. The topological polar surface area (TPSA) is 36.3 Å². The van der Waals surface area contributed by atoms with Crippen molar-refractivity contribution in [1.29, 1.82) is 5.26 Å². The van der Waals surface area contributed by atoms with Crippen molar-refractivity contribution >= 4 is 5.69 Å². The van der Waals surface area contributed by atoms with Gasteiger partial charge in [0.15, 0.2) is 0 Å². The molecule has 0 amide bonds. The van der Waals surface area contributed by atoms with Gasteiger partial charge in [0.2, 0.25) is 0 Å². The molecule has 16 heavy (non-hydrogen) atoms. The summed E-state index contributed by atoms with van der Waals surface area (Å²) in [5.41, 5.74) is 2.19. The van der Waals surface area contributed by atoms with Crippen LogP contribution in [0.2, 0.25) is 0 Å². The Balaban J connectivity index is 3.07. The van der Waals surface area contributed by atoms with Gasteiger partial charge in [-0.3, -0.25) is 0 Å². The zero-order chi connectivity index (χ0) is 12.1. The van der Waals surface area contributed by atoms with Gasteiger partial charge in [-0.25, -0.2) is 0 Å². The second kappa shape index (κ2) is 5.41. The van der Waals surface area contributed by atoms with Crippen molar-refractivity contribution < 1.29 is 4.74 Å². The average molecular weight is 218 g/mol. The molecule has 0 aliphatic carbocycles. The quantitative estimate of drug-likeness (QED) is 0.729. The highest BCUT2D eigenvalue weighted by Gasteiger charge is 2.10. The maximum Gasteiger partial charge on any atom is 0.142 e. The van der Waals surface area contributed by atoms with Gasteiger partial charge < -0.3 is 9.64 Å². The fraction of sp³-hybridized carbons (Fsp3) is 0.462. The molecule has 1 aromatic rings. The second-order valence-corrected chi connectivity index (χ2v) is 4.10. The van der Waals surface area contributed by atoms with Crippen molar-refractivity contribution in [3.05, 3.63) is 23.8 Å². The van der Waals surface area contributed by atoms with Crippen molar-refractivity contribution in [2.45, 2.75) is 19.8 Å². The first-order valence-corrected chi connectivity index (χ1v) is 5.36. The van der Waals surface area contributed by atoms with Crippen molar-refractivity contribution in [2.24, 2.45) is 0 Å². The van der Waals surface area contributed by atoms with Gasteiger partial charge in [0.05, 0.1) is 18.9 Å². The predicted octanol–water partition coefficient (Wildman–Crippen LogP) is 2.78. The van der Waals surface area contributed by atoms with E-state index in [0.717, 1.165) is 11.4 Å². The van der Waals surface area contributed by atoms with Crippen LogP contribution in [0, 0.1) is 11.3 Å². The monoisotopic (exact) mass is 218 g/mol. The largest absolute Gasteiger partial charge is 0.495 e. The van der Waals surface area contributed by atoms with Crippen LogP contribution in [0.1, 0.15) is 25.3 Å². The van der Waals surface area contributed by atoms with E-state index >= 15 is 0 Å². The molecule has 3 heteroatoms. The Morgan fingerprint density at radius 1 is 1.44 bits per heavy atom. The molecule has 3 nitrogen and oxygen atoms in total. The Morgan fingerprint density at radius 3 is 2.62 bits per heavy atom. The zero-order valence-electron chi connectivity index (χ0n) is 10.3. The fourth-order valence-electron chi connectivity index (χ4n) is 1.56. The van der Waals surface area contributed by atoms with Gasteiger partial charge in [-0.2, -0.15) is 5.26 Å². The molecule has 0 aliphatic rings. The lowest BCUT2D eigenvalue weighted by atomic mass is 10.0. The summed E-state index contributed by atoms with van der Waals surface area (Å²) in [5, 5.41) is 8.67. The van der Waals surface area contributed by atoms with E-state index in [1.165, 1.54) is 5.56 Å². The van der Waals surface area contributed by atoms with Gasteiger partial charge >= 0.3 is 0 Å². The van der Waals surface area contributed by atoms with Crippen molar-refractivity contribution in [2.75, 3.05) is 25.6 Å². The van der Waals surface area contributed by atoms with E-state index in [1.807, 2.05) is 24.1 Å². The normalized spacial score (nSPS) is 10.0. The van der Waals surface area contributed by atoms with Gasteiger partial charge in [0, 0.05) is 7.05 Å². The minimum atomic E-state index is 0.359. The number of ether oxygens (including phenoxy) is 1. The summed E-state index contributed by atoms with van der Waals surface area (Å²) in [6.45, 7) is 4.65. The molecule has 0 radical (unpaired) electrons. The third-order valence-corrected chi connectivity index (χ3v) is 2.59. The first-order valence-electron chi connectivity index (χ1n) is 5.36. The lowest BCUT2D eigenvalue weighted by molar-refractivity contribution is 0.414. The van der Waals surface area contributed by atoms with E-state index < -0.39 is 0 Å². The molecule has 1 rings (SSSR count). The van der Waals surface area contributed by atoms with Gasteiger partial charge in [0.1, 0.15) is 12.3 Å². The minimum absolute atomic E-state index is 0.359. The van der Waals surface area contributed by atoms with Crippen LogP contribution in [0.15, 0.2) is 18.2 Å². The Labute approximate surface area is 97.3 Å². The average Bonchev–Trinajstić information content (AvgIpc) is 2.28. The smallest absolute Gasteiger partial charge is 0.142 e. The number of hydrogen-bond acceptors (Lipinski definition) is 3. The van der Waals surface area contributed by atoms with E-state index in [9.17, 15) is 0 Å². The number of benzene rings is 1. The van der Waals surface area contributed by atoms with Gasteiger partial charge in [-0.1, -0.05) is 19.9 Å². The van der Waals surface area contributed by atoms with Gasteiger partial charge in [0.25, 0.3) is 0 Å². The number of anilines is 1. The van der Waals surface area contributed by atoms with Crippen LogP contribution >= 0.6 is 0 Å². The lowest BCUT2D eigenvalue weighted by Crippen LogP contribution is -2.17. The minimum Gasteiger partial charge on any atom is -0.495 e. The third-order valence-electron chi connectivity index (χ3n) is 2.59. The summed E-state index contributed by atoms with van der Waals surface area (Å²) < 4.78 is 5.35. The Kier molecular flexibility index (Phi) is 4.19. The van der Waals surface area contributed by atoms with Crippen LogP contribution in [0.4, 0.5) is 5.69 Å². The van der Waals surface area contributed by atoms with Crippen LogP contribution in [0.25, 0.3) is 0 Å². The fourth-order valence-corrected chi connectivity index (χ4v) is 1.56. The Hall–Kier alpha value is -1.69. The molecule has 0 spiro atoms. The number of hydrogen-bond donors (Lipinski definition) is 0. The van der Waals surface area contributed by atoms with Crippen LogP contribution in [0.3, 0.4) is 0 Å². The molecule has 0 saturated carbocycles. The maximum absolute atomic E-state index is 8.67. The highest BCUT2D eigenvalue weighted by Crippen LogP contribution is 2.30. The van der Waals surface area contributed by atoms with E-state index in [-0.39, 0.29) is 0 Å². The molecule has 0 aliphatic heterocycles. The Bertz CT molecular complexity index is 393. The molecule has 0 aromatic heterocycles. The van der Waals surface area contributed by atoms with Gasteiger partial charge in [-0.15, -0.1) is 0 Å². The first kappa shape index (κ1) is 12.4. The van der Waals surface area contributed by atoms with E-state index in [4.69, 9.17) is 10.00 Å². The summed E-state index contributed by atoms with van der Waals surface area (Å²) in [5.74, 6) is 1.30. The summed E-state index contributed by atoms with van der Waals surface area (Å²) in [6.07, 6.45) is 0. The molecule has 0 fully saturated rings. The SMILES string of the molecule is COc1cc(C(C)C)ccc1N(C)CC#N. The number of rotatable bonds is 4. The van der Waals surface area contributed by atoms with Crippen LogP contribution in [-0.2, 0) is 0 Å². The number of methoxy groups -OCH3 is 1. The highest BCUT2D eigenvalue weighted by atomic mass is 16.5. The second-order valence-electron chi connectivity index (χ2n) is 4.10. The molecule has 0 atom stereocenters. The molecular formula is C13H18N2O. The summed E-state index contributed by atoms with van der Waals surface area (Å²) >= 11 is 0. The zero-order valence-corrected chi connectivity index (χ0v) is 10.3. The lowest BCUT2D eigenvalue weighted by Gasteiger charge is -2.20. The molecular weight excluding hydrogens is 200 g/mol. The highest BCUT2D eigenvalue weighted by molar-refractivity contribution is 5.60. The summed E-state index contributed by atoms with van der Waals surface area (Å²) in [7, 11) is 3.54. The van der Waals surface area contributed by atoms with E-state index in [1.54, 1.807) is 7.11 Å². The summed E-state index contributed by atoms with van der Waals surface area (Å²) in [4.78, 5) is 1.88. The molecule has 0 bridgehead atoms. The van der Waals surface area contributed by atoms with Crippen molar-refractivity contribution in [3.63, 3.8) is 0 Å². The van der Waals surface area contributed by atoms with Crippen molar-refractivity contribution in [3.8, 4) is 11.8 Å². The van der Waals surface area contributed by atoms with Crippen LogP contribution < -0.4 is 9.64 Å².